The van der Waals surface area contributed by atoms with Crippen LogP contribution in [0.15, 0.2) is 42.5 Å². The van der Waals surface area contributed by atoms with Crippen molar-refractivity contribution in [2.24, 2.45) is 0 Å². The second-order valence-corrected chi connectivity index (χ2v) is 4.46. The summed E-state index contributed by atoms with van der Waals surface area (Å²) in [4.78, 5) is 22.2. The van der Waals surface area contributed by atoms with E-state index in [0.29, 0.717) is 5.56 Å². The van der Waals surface area contributed by atoms with Crippen molar-refractivity contribution in [3.8, 4) is 5.75 Å². The van der Waals surface area contributed by atoms with E-state index >= 15 is 0 Å². The molecule has 5 heteroatoms. The monoisotopic (exact) mass is 271 g/mol. The largest absolute Gasteiger partial charge is 0.423 e. The molecule has 0 N–H and O–H groups in total. The highest BCUT2D eigenvalue weighted by molar-refractivity contribution is 5.92. The molecule has 0 saturated carbocycles. The molecule has 20 heavy (non-hydrogen) atoms. The number of non-ortho nitro benzene ring substituents is 1. The maximum absolute atomic E-state index is 12.1. The molecule has 5 nitrogen and oxygen atoms in total. The molecule has 0 aliphatic carbocycles. The second-order valence-electron chi connectivity index (χ2n) is 4.46. The molecule has 0 unspecified atom stereocenters. The lowest BCUT2D eigenvalue weighted by Gasteiger charge is -2.07. The third-order valence-electron chi connectivity index (χ3n) is 2.85. The first kappa shape index (κ1) is 13.7. The second kappa shape index (κ2) is 5.52. The first-order chi connectivity index (χ1) is 9.47. The highest BCUT2D eigenvalue weighted by Crippen LogP contribution is 2.21. The Morgan fingerprint density at radius 2 is 1.90 bits per heavy atom. The molecule has 2 aromatic carbocycles. The van der Waals surface area contributed by atoms with Crippen molar-refractivity contribution in [2.75, 3.05) is 0 Å². The molecule has 0 spiro atoms. The van der Waals surface area contributed by atoms with Gasteiger partial charge in [-0.2, -0.15) is 0 Å². The fraction of sp³-hybridized carbons (Fsp3) is 0.133. The molecule has 0 heterocycles. The van der Waals surface area contributed by atoms with Gasteiger partial charge < -0.3 is 4.74 Å². The molecule has 2 rings (SSSR count). The van der Waals surface area contributed by atoms with Gasteiger partial charge in [0.1, 0.15) is 5.75 Å². The molecule has 0 bridgehead atoms. The summed E-state index contributed by atoms with van der Waals surface area (Å²) in [5, 5.41) is 10.7. The van der Waals surface area contributed by atoms with Gasteiger partial charge in [0.25, 0.3) is 5.69 Å². The molecule has 0 aliphatic rings. The van der Waals surface area contributed by atoms with Gasteiger partial charge >= 0.3 is 5.97 Å². The first-order valence-electron chi connectivity index (χ1n) is 6.01. The van der Waals surface area contributed by atoms with E-state index in [4.69, 9.17) is 4.74 Å². The van der Waals surface area contributed by atoms with E-state index < -0.39 is 10.9 Å². The number of carbonyl (C=O) groups excluding carboxylic acids is 1. The smallest absolute Gasteiger partial charge is 0.343 e. The van der Waals surface area contributed by atoms with Crippen LogP contribution in [0.3, 0.4) is 0 Å². The Hall–Kier alpha value is -2.69. The summed E-state index contributed by atoms with van der Waals surface area (Å²) in [6.07, 6.45) is 0. The Labute approximate surface area is 116 Å². The van der Waals surface area contributed by atoms with Gasteiger partial charge in [-0.1, -0.05) is 23.8 Å². The maximum atomic E-state index is 12.1. The number of hydrogen-bond acceptors (Lipinski definition) is 4. The van der Waals surface area contributed by atoms with Gasteiger partial charge in [-0.15, -0.1) is 0 Å². The van der Waals surface area contributed by atoms with Crippen LogP contribution < -0.4 is 4.74 Å². The summed E-state index contributed by atoms with van der Waals surface area (Å²) in [6, 6.07) is 11.0. The quantitative estimate of drug-likeness (QED) is 0.371. The van der Waals surface area contributed by atoms with Crippen molar-refractivity contribution in [3.63, 3.8) is 0 Å². The topological polar surface area (TPSA) is 69.4 Å². The molecule has 0 fully saturated rings. The minimum atomic E-state index is -0.532. The van der Waals surface area contributed by atoms with Crippen LogP contribution in [0, 0.1) is 24.0 Å². The molecule has 0 saturated heterocycles. The number of benzene rings is 2. The van der Waals surface area contributed by atoms with E-state index in [2.05, 4.69) is 0 Å². The third-order valence-corrected chi connectivity index (χ3v) is 2.85. The fourth-order valence-electron chi connectivity index (χ4n) is 1.78. The van der Waals surface area contributed by atoms with Crippen LogP contribution >= 0.6 is 0 Å². The number of nitro benzene ring substituents is 1. The first-order valence-corrected chi connectivity index (χ1v) is 6.01. The van der Waals surface area contributed by atoms with Crippen molar-refractivity contribution >= 4 is 11.7 Å². The predicted molar refractivity (Wildman–Crippen MR) is 74.0 cm³/mol. The highest BCUT2D eigenvalue weighted by atomic mass is 16.6. The molecule has 0 aliphatic heterocycles. The third kappa shape index (κ3) is 3.00. The molecule has 102 valence electrons. The number of ether oxygens (including phenoxy) is 1. The zero-order valence-electron chi connectivity index (χ0n) is 11.1. The Kier molecular flexibility index (Phi) is 3.79. The molecule has 0 atom stereocenters. The number of hydrogen-bond donors (Lipinski definition) is 0. The van der Waals surface area contributed by atoms with Gasteiger partial charge in [-0.3, -0.25) is 10.1 Å². The lowest BCUT2D eigenvalue weighted by Crippen LogP contribution is -2.10. The van der Waals surface area contributed by atoms with Gasteiger partial charge in [-0.05, 0) is 31.5 Å². The zero-order valence-corrected chi connectivity index (χ0v) is 11.1. The van der Waals surface area contributed by atoms with Crippen LogP contribution in [0.5, 0.6) is 5.75 Å². The molecular formula is C15H13NO4. The van der Waals surface area contributed by atoms with Crippen molar-refractivity contribution in [1.29, 1.82) is 0 Å². The molecular weight excluding hydrogens is 258 g/mol. The van der Waals surface area contributed by atoms with E-state index in [0.717, 1.165) is 11.1 Å². The minimum Gasteiger partial charge on any atom is -0.423 e. The van der Waals surface area contributed by atoms with Crippen LogP contribution in [0.25, 0.3) is 0 Å². The number of nitrogens with zero attached hydrogens (tertiary/aromatic N) is 1. The van der Waals surface area contributed by atoms with Gasteiger partial charge in [0.05, 0.1) is 16.6 Å². The van der Waals surface area contributed by atoms with Crippen molar-refractivity contribution < 1.29 is 14.5 Å². The summed E-state index contributed by atoms with van der Waals surface area (Å²) in [7, 11) is 0. The van der Waals surface area contributed by atoms with Crippen LogP contribution in [0.1, 0.15) is 21.5 Å². The Morgan fingerprint density at radius 1 is 1.15 bits per heavy atom. The lowest BCUT2D eigenvalue weighted by molar-refractivity contribution is -0.384. The summed E-state index contributed by atoms with van der Waals surface area (Å²) >= 11 is 0. The van der Waals surface area contributed by atoms with Crippen LogP contribution in [0.4, 0.5) is 5.69 Å². The summed E-state index contributed by atoms with van der Waals surface area (Å²) in [5.74, 6) is -0.364. The zero-order chi connectivity index (χ0) is 14.7. The number of aryl methyl sites for hydroxylation is 2. The molecule has 0 amide bonds. The van der Waals surface area contributed by atoms with Crippen LogP contribution in [0.2, 0.25) is 0 Å². The van der Waals surface area contributed by atoms with E-state index in [1.54, 1.807) is 6.07 Å². The average molecular weight is 271 g/mol. The van der Waals surface area contributed by atoms with E-state index in [1.165, 1.54) is 24.3 Å². The van der Waals surface area contributed by atoms with Crippen molar-refractivity contribution in [2.45, 2.75) is 13.8 Å². The van der Waals surface area contributed by atoms with Gasteiger partial charge in [0, 0.05) is 6.07 Å². The van der Waals surface area contributed by atoms with E-state index in [1.807, 2.05) is 26.0 Å². The normalized spacial score (nSPS) is 10.1. The average Bonchev–Trinajstić information content (AvgIpc) is 2.41. The fourth-order valence-corrected chi connectivity index (χ4v) is 1.78. The SMILES string of the molecule is Cc1ccc(C)c(C(=O)Oc2cccc([N+](=O)[O-])c2)c1. The minimum absolute atomic E-state index is 0.115. The van der Waals surface area contributed by atoms with Crippen LogP contribution in [-0.4, -0.2) is 10.9 Å². The van der Waals surface area contributed by atoms with Gasteiger partial charge in [0.2, 0.25) is 0 Å². The summed E-state index contributed by atoms with van der Waals surface area (Å²) < 4.78 is 5.18. The summed E-state index contributed by atoms with van der Waals surface area (Å²) in [5.41, 5.74) is 2.08. The number of nitro groups is 1. The maximum Gasteiger partial charge on any atom is 0.343 e. The number of esters is 1. The Balaban J connectivity index is 2.25. The Morgan fingerprint density at radius 3 is 2.60 bits per heavy atom. The van der Waals surface area contributed by atoms with E-state index in [9.17, 15) is 14.9 Å². The van der Waals surface area contributed by atoms with E-state index in [-0.39, 0.29) is 11.4 Å². The molecule has 0 radical (unpaired) electrons. The van der Waals surface area contributed by atoms with Gasteiger partial charge in [0.15, 0.2) is 0 Å². The number of rotatable bonds is 3. The van der Waals surface area contributed by atoms with Crippen LogP contribution in [-0.2, 0) is 0 Å². The lowest BCUT2D eigenvalue weighted by atomic mass is 10.1. The van der Waals surface area contributed by atoms with Gasteiger partial charge in [-0.25, -0.2) is 4.79 Å². The molecule has 0 aromatic heterocycles. The molecule has 2 aromatic rings. The number of carbonyl (C=O) groups is 1. The summed E-state index contributed by atoms with van der Waals surface area (Å²) in [6.45, 7) is 3.69. The Bertz CT molecular complexity index is 679. The standard InChI is InChI=1S/C15H13NO4/c1-10-6-7-11(2)14(8-10)15(17)20-13-5-3-4-12(9-13)16(18)19/h3-9H,1-2H3. The van der Waals surface area contributed by atoms with Crippen molar-refractivity contribution in [3.05, 3.63) is 69.3 Å². The predicted octanol–water partition coefficient (Wildman–Crippen LogP) is 3.43. The van der Waals surface area contributed by atoms with Crippen molar-refractivity contribution in [1.82, 2.24) is 0 Å². The highest BCUT2D eigenvalue weighted by Gasteiger charge is 2.14.